The van der Waals surface area contributed by atoms with Crippen LogP contribution in [0.5, 0.6) is 5.75 Å². The molecule has 6 heteroatoms. The molecule has 0 spiro atoms. The number of hydrogen-bond acceptors (Lipinski definition) is 6. The molecule has 2 heterocycles. The van der Waals surface area contributed by atoms with E-state index in [2.05, 4.69) is 63.3 Å². The molecule has 6 nitrogen and oxygen atoms in total. The van der Waals surface area contributed by atoms with Gasteiger partial charge in [-0.3, -0.25) is 9.80 Å². The van der Waals surface area contributed by atoms with Gasteiger partial charge in [0.2, 0.25) is 0 Å². The summed E-state index contributed by atoms with van der Waals surface area (Å²) < 4.78 is 6.00. The first-order valence-corrected chi connectivity index (χ1v) is 13.2. The molecule has 37 heavy (non-hydrogen) atoms. The molecule has 0 bridgehead atoms. The lowest BCUT2D eigenvalue weighted by Gasteiger charge is -2.40. The number of pyridine rings is 1. The van der Waals surface area contributed by atoms with Gasteiger partial charge in [-0.05, 0) is 59.4 Å². The molecule has 190 valence electrons. The van der Waals surface area contributed by atoms with Crippen molar-refractivity contribution in [2.75, 3.05) is 45.1 Å². The predicted octanol–water partition coefficient (Wildman–Crippen LogP) is 4.06. The number of rotatable bonds is 6. The molecule has 0 saturated carbocycles. The first-order valence-electron chi connectivity index (χ1n) is 13.2. The van der Waals surface area contributed by atoms with E-state index < -0.39 is 6.10 Å². The number of anilines is 1. The van der Waals surface area contributed by atoms with Gasteiger partial charge in [0.05, 0.1) is 11.6 Å². The number of piperazine rings is 1. The lowest BCUT2D eigenvalue weighted by atomic mass is 9.92. The first kappa shape index (κ1) is 23.9. The zero-order valence-corrected chi connectivity index (χ0v) is 21.1. The third-order valence-electron chi connectivity index (χ3n) is 7.75. The van der Waals surface area contributed by atoms with Crippen molar-refractivity contribution in [3.8, 4) is 5.75 Å². The summed E-state index contributed by atoms with van der Waals surface area (Å²) >= 11 is 0. The molecular weight excluding hydrogens is 460 g/mol. The third-order valence-corrected chi connectivity index (χ3v) is 7.75. The van der Waals surface area contributed by atoms with Crippen LogP contribution in [0, 0.1) is 0 Å². The molecule has 4 aromatic rings. The SMILES string of the molecule is Nc1ccc2c(OCC(O)CN3CCN(C4c5ccccc5CCc5ccccc54)CC3)cccc2n1. The van der Waals surface area contributed by atoms with Crippen molar-refractivity contribution in [1.82, 2.24) is 14.8 Å². The lowest BCUT2D eigenvalue weighted by molar-refractivity contribution is 0.0403. The van der Waals surface area contributed by atoms with E-state index in [4.69, 9.17) is 10.5 Å². The summed E-state index contributed by atoms with van der Waals surface area (Å²) in [6, 6.07) is 27.6. The van der Waals surface area contributed by atoms with Crippen LogP contribution in [0.4, 0.5) is 5.82 Å². The highest BCUT2D eigenvalue weighted by atomic mass is 16.5. The van der Waals surface area contributed by atoms with Crippen LogP contribution < -0.4 is 10.5 Å². The highest BCUT2D eigenvalue weighted by molar-refractivity contribution is 5.86. The minimum absolute atomic E-state index is 0.243. The second kappa shape index (κ2) is 10.5. The largest absolute Gasteiger partial charge is 0.490 e. The molecule has 2 aliphatic rings. The highest BCUT2D eigenvalue weighted by Gasteiger charge is 2.31. The number of hydrogen-bond donors (Lipinski definition) is 2. The van der Waals surface area contributed by atoms with Crippen LogP contribution in [0.1, 0.15) is 28.3 Å². The number of aliphatic hydroxyl groups excluding tert-OH is 1. The van der Waals surface area contributed by atoms with Gasteiger partial charge in [0.25, 0.3) is 0 Å². The van der Waals surface area contributed by atoms with Gasteiger partial charge in [-0.15, -0.1) is 0 Å². The van der Waals surface area contributed by atoms with Crippen LogP contribution in [-0.2, 0) is 12.8 Å². The van der Waals surface area contributed by atoms with Crippen molar-refractivity contribution < 1.29 is 9.84 Å². The molecule has 3 N–H and O–H groups in total. The Morgan fingerprint density at radius 3 is 2.22 bits per heavy atom. The maximum absolute atomic E-state index is 10.8. The van der Waals surface area contributed by atoms with Crippen LogP contribution in [0.25, 0.3) is 10.9 Å². The van der Waals surface area contributed by atoms with Crippen LogP contribution >= 0.6 is 0 Å². The number of β-amino-alcohol motifs (C(OH)–C–C–N with tert-alkyl or cyclic N) is 1. The third kappa shape index (κ3) is 5.05. The topological polar surface area (TPSA) is 74.9 Å². The summed E-state index contributed by atoms with van der Waals surface area (Å²) in [5, 5.41) is 11.7. The van der Waals surface area contributed by atoms with Crippen molar-refractivity contribution in [1.29, 1.82) is 0 Å². The van der Waals surface area contributed by atoms with Gasteiger partial charge in [-0.2, -0.15) is 0 Å². The van der Waals surface area contributed by atoms with Gasteiger partial charge in [0, 0.05) is 38.1 Å². The minimum atomic E-state index is -0.567. The van der Waals surface area contributed by atoms with Crippen molar-refractivity contribution in [3.63, 3.8) is 0 Å². The van der Waals surface area contributed by atoms with Crippen molar-refractivity contribution in [2.24, 2.45) is 0 Å². The number of nitrogens with two attached hydrogens (primary N) is 1. The number of nitrogen functional groups attached to an aromatic ring is 1. The molecule has 1 saturated heterocycles. The van der Waals surface area contributed by atoms with Crippen LogP contribution in [0.15, 0.2) is 78.9 Å². The number of aromatic nitrogens is 1. The Kier molecular flexibility index (Phi) is 6.79. The highest BCUT2D eigenvalue weighted by Crippen LogP contribution is 2.37. The zero-order valence-electron chi connectivity index (χ0n) is 21.1. The normalized spacial score (nSPS) is 17.6. The van der Waals surface area contributed by atoms with Gasteiger partial charge in [-0.1, -0.05) is 54.6 Å². The number of ether oxygens (including phenoxy) is 1. The fourth-order valence-corrected chi connectivity index (χ4v) is 5.90. The monoisotopic (exact) mass is 494 g/mol. The smallest absolute Gasteiger partial charge is 0.128 e. The molecule has 3 aromatic carbocycles. The molecule has 1 unspecified atom stereocenters. The first-order chi connectivity index (χ1) is 18.2. The molecular formula is C31H34N4O2. The summed E-state index contributed by atoms with van der Waals surface area (Å²) in [6.45, 7) is 4.63. The Balaban J connectivity index is 1.09. The molecule has 1 atom stereocenters. The quantitative estimate of drug-likeness (QED) is 0.421. The van der Waals surface area contributed by atoms with Crippen LogP contribution in [0.2, 0.25) is 0 Å². The van der Waals surface area contributed by atoms with Gasteiger partial charge in [-0.25, -0.2) is 4.98 Å². The van der Waals surface area contributed by atoms with E-state index in [9.17, 15) is 5.11 Å². The molecule has 1 aliphatic heterocycles. The van der Waals surface area contributed by atoms with E-state index in [-0.39, 0.29) is 6.61 Å². The Labute approximate surface area is 218 Å². The van der Waals surface area contributed by atoms with Crippen molar-refractivity contribution in [3.05, 3.63) is 101 Å². The standard InChI is InChI=1S/C31H34N4O2/c32-30-15-14-27-28(33-30)10-5-11-29(27)37-21-24(36)20-34-16-18-35(19-17-34)31-25-8-3-1-6-22(25)12-13-23-7-2-4-9-26(23)31/h1-11,14-15,24,31,36H,12-13,16-21H2,(H2,32,33). The summed E-state index contributed by atoms with van der Waals surface area (Å²) in [5.74, 6) is 1.21. The molecule has 6 rings (SSSR count). The average Bonchev–Trinajstić information content (AvgIpc) is 3.09. The zero-order chi connectivity index (χ0) is 25.2. The van der Waals surface area contributed by atoms with Crippen molar-refractivity contribution in [2.45, 2.75) is 25.0 Å². The number of aliphatic hydroxyl groups is 1. The van der Waals surface area contributed by atoms with Crippen LogP contribution in [-0.4, -0.2) is 65.3 Å². The van der Waals surface area contributed by atoms with Gasteiger partial charge >= 0.3 is 0 Å². The predicted molar refractivity (Wildman–Crippen MR) is 148 cm³/mol. The van der Waals surface area contributed by atoms with Gasteiger partial charge in [0.15, 0.2) is 0 Å². The summed E-state index contributed by atoms with van der Waals surface area (Å²) in [6.07, 6.45) is 1.62. The van der Waals surface area contributed by atoms with E-state index in [0.717, 1.165) is 55.7 Å². The second-order valence-electron chi connectivity index (χ2n) is 10.2. The summed E-state index contributed by atoms with van der Waals surface area (Å²) in [4.78, 5) is 9.33. The average molecular weight is 495 g/mol. The Hall–Kier alpha value is -3.45. The Morgan fingerprint density at radius 1 is 0.838 bits per heavy atom. The summed E-state index contributed by atoms with van der Waals surface area (Å²) in [7, 11) is 0. The molecule has 1 aliphatic carbocycles. The van der Waals surface area contributed by atoms with E-state index in [1.165, 1.54) is 22.3 Å². The lowest BCUT2D eigenvalue weighted by Crippen LogP contribution is -2.50. The Bertz CT molecular complexity index is 1340. The fourth-order valence-electron chi connectivity index (χ4n) is 5.90. The van der Waals surface area contributed by atoms with E-state index in [1.807, 2.05) is 24.3 Å². The summed E-state index contributed by atoms with van der Waals surface area (Å²) in [5.41, 5.74) is 12.4. The van der Waals surface area contributed by atoms with Gasteiger partial charge < -0.3 is 15.6 Å². The van der Waals surface area contributed by atoms with Crippen LogP contribution in [0.3, 0.4) is 0 Å². The number of benzene rings is 3. The molecule has 1 fully saturated rings. The number of nitrogens with zero attached hydrogens (tertiary/aromatic N) is 3. The van der Waals surface area contributed by atoms with E-state index >= 15 is 0 Å². The second-order valence-corrected chi connectivity index (χ2v) is 10.2. The van der Waals surface area contributed by atoms with Gasteiger partial charge in [0.1, 0.15) is 24.3 Å². The molecule has 0 amide bonds. The number of aryl methyl sites for hydroxylation is 2. The van der Waals surface area contributed by atoms with E-state index in [0.29, 0.717) is 18.4 Å². The number of fused-ring (bicyclic) bond motifs is 3. The molecule has 0 radical (unpaired) electrons. The Morgan fingerprint density at radius 2 is 1.51 bits per heavy atom. The van der Waals surface area contributed by atoms with Crippen molar-refractivity contribution >= 4 is 16.7 Å². The maximum Gasteiger partial charge on any atom is 0.128 e. The minimum Gasteiger partial charge on any atom is -0.490 e. The fraction of sp³-hybridized carbons (Fsp3) is 0.323. The molecule has 1 aromatic heterocycles. The van der Waals surface area contributed by atoms with E-state index in [1.54, 1.807) is 6.07 Å². The maximum atomic E-state index is 10.8.